The minimum absolute atomic E-state index is 0.0927. The van der Waals surface area contributed by atoms with Crippen molar-refractivity contribution < 1.29 is 9.90 Å². The highest BCUT2D eigenvalue weighted by Gasteiger charge is 2.09. The number of hydrogen-bond donors (Lipinski definition) is 2. The molecule has 2 N–H and O–H groups in total. The number of pyridine rings is 1. The molecule has 2 aromatic rings. The number of hydrogen-bond acceptors (Lipinski definition) is 4. The Bertz CT molecular complexity index is 602. The third-order valence-corrected chi connectivity index (χ3v) is 3.37. The largest absolute Gasteiger partial charge is 0.395 e. The van der Waals surface area contributed by atoms with E-state index in [2.05, 4.69) is 15.2 Å². The summed E-state index contributed by atoms with van der Waals surface area (Å²) in [5, 5.41) is 11.9. The second-order valence-corrected chi connectivity index (χ2v) is 5.08. The van der Waals surface area contributed by atoms with E-state index in [9.17, 15) is 9.90 Å². The molecule has 0 saturated carbocycles. The van der Waals surface area contributed by atoms with Crippen molar-refractivity contribution in [1.82, 2.24) is 15.2 Å². The number of aromatic nitrogens is 1. The van der Waals surface area contributed by atoms with E-state index in [1.807, 2.05) is 36.5 Å². The van der Waals surface area contributed by atoms with Gasteiger partial charge < -0.3 is 10.4 Å². The van der Waals surface area contributed by atoms with E-state index in [0.29, 0.717) is 25.2 Å². The number of nitrogens with one attached hydrogen (secondary N) is 1. The van der Waals surface area contributed by atoms with E-state index >= 15 is 0 Å². The van der Waals surface area contributed by atoms with Crippen molar-refractivity contribution in [2.45, 2.75) is 13.1 Å². The third kappa shape index (κ3) is 4.65. The van der Waals surface area contributed by atoms with Gasteiger partial charge in [0.15, 0.2) is 0 Å². The van der Waals surface area contributed by atoms with Crippen LogP contribution in [0.1, 0.15) is 21.5 Å². The average molecular weight is 299 g/mol. The van der Waals surface area contributed by atoms with Gasteiger partial charge in [-0.3, -0.25) is 14.7 Å². The number of benzene rings is 1. The van der Waals surface area contributed by atoms with Gasteiger partial charge in [0, 0.05) is 44.6 Å². The lowest BCUT2D eigenvalue weighted by Crippen LogP contribution is -2.26. The van der Waals surface area contributed by atoms with Crippen LogP contribution in [-0.2, 0) is 13.1 Å². The van der Waals surface area contributed by atoms with Crippen molar-refractivity contribution in [3.8, 4) is 0 Å². The molecule has 116 valence electrons. The lowest BCUT2D eigenvalue weighted by molar-refractivity contribution is 0.0962. The summed E-state index contributed by atoms with van der Waals surface area (Å²) in [5.41, 5.74) is 2.78. The Morgan fingerprint density at radius 1 is 1.23 bits per heavy atom. The molecule has 0 unspecified atom stereocenters. The highest BCUT2D eigenvalue weighted by atomic mass is 16.3. The maximum atomic E-state index is 11.7. The van der Waals surface area contributed by atoms with Crippen LogP contribution in [0.5, 0.6) is 0 Å². The summed E-state index contributed by atoms with van der Waals surface area (Å²) >= 11 is 0. The smallest absolute Gasteiger partial charge is 0.251 e. The Morgan fingerprint density at radius 2 is 2.00 bits per heavy atom. The van der Waals surface area contributed by atoms with Gasteiger partial charge in [-0.15, -0.1) is 0 Å². The van der Waals surface area contributed by atoms with Crippen molar-refractivity contribution >= 4 is 5.91 Å². The first-order valence-electron chi connectivity index (χ1n) is 7.26. The maximum absolute atomic E-state index is 11.7. The lowest BCUT2D eigenvalue weighted by Gasteiger charge is -2.21. The fraction of sp³-hybridized carbons (Fsp3) is 0.294. The zero-order chi connectivity index (χ0) is 15.8. The molecule has 22 heavy (non-hydrogen) atoms. The van der Waals surface area contributed by atoms with Crippen LogP contribution in [0.2, 0.25) is 0 Å². The van der Waals surface area contributed by atoms with Crippen LogP contribution < -0.4 is 5.32 Å². The van der Waals surface area contributed by atoms with E-state index in [4.69, 9.17) is 0 Å². The highest BCUT2D eigenvalue weighted by Crippen LogP contribution is 2.11. The number of amides is 1. The van der Waals surface area contributed by atoms with Crippen LogP contribution in [0.25, 0.3) is 0 Å². The monoisotopic (exact) mass is 299 g/mol. The molecule has 5 nitrogen and oxygen atoms in total. The minimum atomic E-state index is -0.0946. The standard InChI is InChI=1S/C17H21N3O2/c1-18-17(22)16-6-2-4-14(10-16)12-20(8-9-21)13-15-5-3-7-19-11-15/h2-7,10-11,21H,8-9,12-13H2,1H3,(H,18,22). The number of carbonyl (C=O) groups excluding carboxylic acids is 1. The van der Waals surface area contributed by atoms with Crippen molar-refractivity contribution in [3.63, 3.8) is 0 Å². The second kappa shape index (κ2) is 8.26. The molecule has 0 aliphatic rings. The molecule has 0 radical (unpaired) electrons. The van der Waals surface area contributed by atoms with Crippen molar-refractivity contribution in [1.29, 1.82) is 0 Å². The first-order chi connectivity index (χ1) is 10.7. The minimum Gasteiger partial charge on any atom is -0.395 e. The fourth-order valence-corrected chi connectivity index (χ4v) is 2.32. The molecule has 1 heterocycles. The van der Waals surface area contributed by atoms with Crippen molar-refractivity contribution in [2.75, 3.05) is 20.2 Å². The highest BCUT2D eigenvalue weighted by molar-refractivity contribution is 5.94. The normalized spacial score (nSPS) is 10.7. The molecule has 2 rings (SSSR count). The van der Waals surface area contributed by atoms with Crippen LogP contribution >= 0.6 is 0 Å². The van der Waals surface area contributed by atoms with Gasteiger partial charge in [-0.25, -0.2) is 0 Å². The second-order valence-electron chi connectivity index (χ2n) is 5.08. The Morgan fingerprint density at radius 3 is 2.68 bits per heavy atom. The van der Waals surface area contributed by atoms with Gasteiger partial charge in [0.05, 0.1) is 6.61 Å². The number of rotatable bonds is 7. The first kappa shape index (κ1) is 16.1. The van der Waals surface area contributed by atoms with E-state index < -0.39 is 0 Å². The van der Waals surface area contributed by atoms with Gasteiger partial charge in [0.25, 0.3) is 5.91 Å². The van der Waals surface area contributed by atoms with Crippen molar-refractivity contribution in [2.24, 2.45) is 0 Å². The zero-order valence-electron chi connectivity index (χ0n) is 12.7. The Kier molecular flexibility index (Phi) is 6.06. The number of aliphatic hydroxyl groups is 1. The molecule has 0 saturated heterocycles. The van der Waals surface area contributed by atoms with Gasteiger partial charge in [0.2, 0.25) is 0 Å². The summed E-state index contributed by atoms with van der Waals surface area (Å²) in [6, 6.07) is 11.4. The van der Waals surface area contributed by atoms with Gasteiger partial charge >= 0.3 is 0 Å². The molecule has 1 aromatic heterocycles. The quantitative estimate of drug-likeness (QED) is 0.812. The van der Waals surface area contributed by atoms with E-state index in [-0.39, 0.29) is 12.5 Å². The summed E-state index contributed by atoms with van der Waals surface area (Å²) in [7, 11) is 1.62. The maximum Gasteiger partial charge on any atom is 0.251 e. The molecular weight excluding hydrogens is 278 g/mol. The molecule has 0 aliphatic carbocycles. The number of aliphatic hydroxyl groups excluding tert-OH is 1. The predicted molar refractivity (Wildman–Crippen MR) is 85.3 cm³/mol. The Hall–Kier alpha value is -2.24. The molecular formula is C17H21N3O2. The average Bonchev–Trinajstić information content (AvgIpc) is 2.55. The summed E-state index contributed by atoms with van der Waals surface area (Å²) < 4.78 is 0. The summed E-state index contributed by atoms with van der Waals surface area (Å²) in [5.74, 6) is -0.0946. The molecule has 1 amide bonds. The van der Waals surface area contributed by atoms with Crippen LogP contribution in [0.15, 0.2) is 48.8 Å². The van der Waals surface area contributed by atoms with Gasteiger partial charge in [0.1, 0.15) is 0 Å². The van der Waals surface area contributed by atoms with Gasteiger partial charge in [-0.2, -0.15) is 0 Å². The molecule has 1 aromatic carbocycles. The summed E-state index contributed by atoms with van der Waals surface area (Å²) in [6.07, 6.45) is 3.57. The first-order valence-corrected chi connectivity index (χ1v) is 7.26. The molecule has 0 spiro atoms. The number of carbonyl (C=O) groups is 1. The van der Waals surface area contributed by atoms with Crippen LogP contribution in [0.4, 0.5) is 0 Å². The molecule has 0 fully saturated rings. The van der Waals surface area contributed by atoms with Crippen LogP contribution in [0.3, 0.4) is 0 Å². The molecule has 0 aliphatic heterocycles. The number of nitrogens with zero attached hydrogens (tertiary/aromatic N) is 2. The van der Waals surface area contributed by atoms with Crippen molar-refractivity contribution in [3.05, 3.63) is 65.5 Å². The fourth-order valence-electron chi connectivity index (χ4n) is 2.32. The lowest BCUT2D eigenvalue weighted by atomic mass is 10.1. The van der Waals surface area contributed by atoms with E-state index in [1.54, 1.807) is 19.3 Å². The predicted octanol–water partition coefficient (Wildman–Crippen LogP) is 1.44. The van der Waals surface area contributed by atoms with Crippen LogP contribution in [0, 0.1) is 0 Å². The topological polar surface area (TPSA) is 65.5 Å². The molecule has 0 bridgehead atoms. The van der Waals surface area contributed by atoms with E-state index in [1.165, 1.54) is 0 Å². The van der Waals surface area contributed by atoms with E-state index in [0.717, 1.165) is 11.1 Å². The summed E-state index contributed by atoms with van der Waals surface area (Å²) in [4.78, 5) is 17.9. The van der Waals surface area contributed by atoms with Gasteiger partial charge in [-0.1, -0.05) is 18.2 Å². The third-order valence-electron chi connectivity index (χ3n) is 3.37. The Labute approximate surface area is 130 Å². The summed E-state index contributed by atoms with van der Waals surface area (Å²) in [6.45, 7) is 2.04. The van der Waals surface area contributed by atoms with Gasteiger partial charge in [-0.05, 0) is 29.3 Å². The zero-order valence-corrected chi connectivity index (χ0v) is 12.7. The SMILES string of the molecule is CNC(=O)c1cccc(CN(CCO)Cc2cccnc2)c1. The Balaban J connectivity index is 2.09. The molecule has 0 atom stereocenters. The molecule has 5 heteroatoms. The van der Waals surface area contributed by atoms with Crippen LogP contribution in [-0.4, -0.2) is 41.1 Å².